The Kier molecular flexibility index (Phi) is 6.00. The van der Waals surface area contributed by atoms with Crippen LogP contribution in [0.15, 0.2) is 76.5 Å². The van der Waals surface area contributed by atoms with Gasteiger partial charge in [0, 0.05) is 18.0 Å². The molecule has 3 aromatic carbocycles. The highest BCUT2D eigenvalue weighted by Gasteiger charge is 2.22. The van der Waals surface area contributed by atoms with Crippen molar-refractivity contribution in [1.29, 1.82) is 0 Å². The van der Waals surface area contributed by atoms with Crippen molar-refractivity contribution in [2.45, 2.75) is 9.79 Å². The van der Waals surface area contributed by atoms with Crippen molar-refractivity contribution in [3.8, 4) is 11.5 Å². The summed E-state index contributed by atoms with van der Waals surface area (Å²) in [4.78, 5) is 12.9. The van der Waals surface area contributed by atoms with Crippen LogP contribution in [0.5, 0.6) is 11.5 Å². The van der Waals surface area contributed by atoms with E-state index in [1.54, 1.807) is 12.1 Å². The third kappa shape index (κ3) is 5.10. The fourth-order valence-electron chi connectivity index (χ4n) is 3.17. The Labute approximate surface area is 191 Å². The molecule has 0 aliphatic carbocycles. The molecular formula is C22H20N2O7S2. The predicted octanol–water partition coefficient (Wildman–Crippen LogP) is 2.91. The lowest BCUT2D eigenvalue weighted by Crippen LogP contribution is -2.19. The van der Waals surface area contributed by atoms with Gasteiger partial charge in [0.05, 0.1) is 21.0 Å². The van der Waals surface area contributed by atoms with E-state index >= 15 is 0 Å². The van der Waals surface area contributed by atoms with Crippen LogP contribution in [-0.4, -0.2) is 42.2 Å². The van der Waals surface area contributed by atoms with Crippen LogP contribution in [0.25, 0.3) is 0 Å². The van der Waals surface area contributed by atoms with E-state index in [-0.39, 0.29) is 26.7 Å². The summed E-state index contributed by atoms with van der Waals surface area (Å²) in [7, 11) is -7.50. The van der Waals surface area contributed by atoms with Crippen LogP contribution in [0.4, 0.5) is 11.4 Å². The van der Waals surface area contributed by atoms with Gasteiger partial charge in [-0.2, -0.15) is 0 Å². The zero-order chi connectivity index (χ0) is 23.6. The Morgan fingerprint density at radius 3 is 2.30 bits per heavy atom. The molecule has 2 N–H and O–H groups in total. The van der Waals surface area contributed by atoms with Crippen LogP contribution < -0.4 is 19.5 Å². The number of ether oxygens (including phenoxy) is 2. The monoisotopic (exact) mass is 488 g/mol. The molecule has 0 saturated heterocycles. The topological polar surface area (TPSA) is 128 Å². The minimum absolute atomic E-state index is 0.0490. The fourth-order valence-corrected chi connectivity index (χ4v) is 4.93. The van der Waals surface area contributed by atoms with Crippen LogP contribution in [0.1, 0.15) is 10.4 Å². The second-order valence-corrected chi connectivity index (χ2v) is 10.9. The molecule has 0 fully saturated rings. The van der Waals surface area contributed by atoms with Gasteiger partial charge >= 0.3 is 0 Å². The SMILES string of the molecule is CS(=O)(=O)c1cccc(NC(=O)c2ccccc2NS(=O)(=O)c2ccc3c(c2)OCCO3)c1. The Bertz CT molecular complexity index is 1430. The molecule has 0 radical (unpaired) electrons. The lowest BCUT2D eigenvalue weighted by Gasteiger charge is -2.19. The van der Waals surface area contributed by atoms with E-state index in [0.717, 1.165) is 6.26 Å². The number of carbonyl (C=O) groups is 1. The Morgan fingerprint density at radius 1 is 0.818 bits per heavy atom. The molecule has 11 heteroatoms. The van der Waals surface area contributed by atoms with Gasteiger partial charge in [0.25, 0.3) is 15.9 Å². The molecule has 0 aromatic heterocycles. The van der Waals surface area contributed by atoms with E-state index < -0.39 is 25.8 Å². The Balaban J connectivity index is 1.59. The molecule has 1 heterocycles. The first kappa shape index (κ1) is 22.6. The summed E-state index contributed by atoms with van der Waals surface area (Å²) in [6.07, 6.45) is 1.07. The van der Waals surface area contributed by atoms with Crippen molar-refractivity contribution in [1.82, 2.24) is 0 Å². The summed E-state index contributed by atoms with van der Waals surface area (Å²) >= 11 is 0. The molecule has 3 aromatic rings. The van der Waals surface area contributed by atoms with Crippen LogP contribution in [0.3, 0.4) is 0 Å². The number of fused-ring (bicyclic) bond motifs is 1. The molecule has 1 aliphatic rings. The molecule has 4 rings (SSSR count). The van der Waals surface area contributed by atoms with Crippen molar-refractivity contribution >= 4 is 37.1 Å². The average Bonchev–Trinajstić information content (AvgIpc) is 2.78. The van der Waals surface area contributed by atoms with Crippen molar-refractivity contribution in [2.24, 2.45) is 0 Å². The second kappa shape index (κ2) is 8.75. The van der Waals surface area contributed by atoms with Crippen LogP contribution in [-0.2, 0) is 19.9 Å². The standard InChI is InChI=1S/C22H20N2O7S2/c1-32(26,27)16-6-4-5-15(13-16)23-22(25)18-7-2-3-8-19(18)24-33(28,29)17-9-10-20-21(14-17)31-12-11-30-20/h2-10,13-14,24H,11-12H2,1H3,(H,23,25). The molecule has 1 amide bonds. The van der Waals surface area contributed by atoms with Crippen molar-refractivity contribution in [2.75, 3.05) is 29.5 Å². The number of carbonyl (C=O) groups excluding carboxylic acids is 1. The lowest BCUT2D eigenvalue weighted by molar-refractivity contribution is 0.102. The Hall–Kier alpha value is -3.57. The van der Waals surface area contributed by atoms with E-state index in [2.05, 4.69) is 10.0 Å². The van der Waals surface area contributed by atoms with E-state index in [0.29, 0.717) is 24.7 Å². The highest BCUT2D eigenvalue weighted by atomic mass is 32.2. The van der Waals surface area contributed by atoms with E-state index in [1.807, 2.05) is 0 Å². The number of nitrogens with one attached hydrogen (secondary N) is 2. The number of amides is 1. The van der Waals surface area contributed by atoms with Crippen LogP contribution >= 0.6 is 0 Å². The number of hydrogen-bond acceptors (Lipinski definition) is 7. The maximum atomic E-state index is 13.0. The first-order chi connectivity index (χ1) is 15.6. The molecule has 0 unspecified atom stereocenters. The molecule has 172 valence electrons. The molecule has 0 spiro atoms. The normalized spacial score (nSPS) is 13.2. The van der Waals surface area contributed by atoms with Gasteiger partial charge in [-0.25, -0.2) is 16.8 Å². The van der Waals surface area contributed by atoms with Gasteiger partial charge in [-0.15, -0.1) is 0 Å². The molecule has 1 aliphatic heterocycles. The van der Waals surface area contributed by atoms with E-state index in [4.69, 9.17) is 9.47 Å². The fraction of sp³-hybridized carbons (Fsp3) is 0.136. The number of anilines is 2. The van der Waals surface area contributed by atoms with Gasteiger partial charge in [-0.1, -0.05) is 18.2 Å². The second-order valence-electron chi connectivity index (χ2n) is 7.21. The van der Waals surface area contributed by atoms with E-state index in [1.165, 1.54) is 54.6 Å². The molecule has 0 saturated carbocycles. The third-order valence-corrected chi connectivity index (χ3v) is 7.23. The first-order valence-electron chi connectivity index (χ1n) is 9.76. The van der Waals surface area contributed by atoms with Gasteiger partial charge in [-0.05, 0) is 42.5 Å². The summed E-state index contributed by atoms with van der Waals surface area (Å²) in [6, 6.07) is 16.1. The summed E-state index contributed by atoms with van der Waals surface area (Å²) in [5.74, 6) is 0.165. The zero-order valence-corrected chi connectivity index (χ0v) is 19.1. The number of sulfonamides is 1. The number of sulfone groups is 1. The zero-order valence-electron chi connectivity index (χ0n) is 17.4. The highest BCUT2D eigenvalue weighted by molar-refractivity contribution is 7.92. The van der Waals surface area contributed by atoms with Crippen molar-refractivity contribution in [3.05, 3.63) is 72.3 Å². The molecule has 9 nitrogen and oxygen atoms in total. The van der Waals surface area contributed by atoms with Crippen molar-refractivity contribution < 1.29 is 31.1 Å². The molecule has 33 heavy (non-hydrogen) atoms. The van der Waals surface area contributed by atoms with Gasteiger partial charge in [0.1, 0.15) is 13.2 Å². The summed E-state index contributed by atoms with van der Waals surface area (Å²) in [6.45, 7) is 0.695. The van der Waals surface area contributed by atoms with Crippen LogP contribution in [0.2, 0.25) is 0 Å². The van der Waals surface area contributed by atoms with Gasteiger partial charge in [0.15, 0.2) is 21.3 Å². The van der Waals surface area contributed by atoms with Crippen LogP contribution in [0, 0.1) is 0 Å². The quantitative estimate of drug-likeness (QED) is 0.546. The smallest absolute Gasteiger partial charge is 0.262 e. The van der Waals surface area contributed by atoms with E-state index in [9.17, 15) is 21.6 Å². The summed E-state index contributed by atoms with van der Waals surface area (Å²) in [5.41, 5.74) is 0.375. The maximum absolute atomic E-state index is 13.0. The van der Waals surface area contributed by atoms with Crippen molar-refractivity contribution in [3.63, 3.8) is 0 Å². The average molecular weight is 489 g/mol. The molecule has 0 atom stereocenters. The van der Waals surface area contributed by atoms with Gasteiger partial charge in [-0.3, -0.25) is 9.52 Å². The summed E-state index contributed by atoms with van der Waals surface area (Å²) < 4.78 is 62.8. The predicted molar refractivity (Wildman–Crippen MR) is 122 cm³/mol. The highest BCUT2D eigenvalue weighted by Crippen LogP contribution is 2.33. The van der Waals surface area contributed by atoms with Gasteiger partial charge in [0.2, 0.25) is 0 Å². The van der Waals surface area contributed by atoms with Gasteiger partial charge < -0.3 is 14.8 Å². The lowest BCUT2D eigenvalue weighted by atomic mass is 10.1. The number of para-hydroxylation sites is 1. The Morgan fingerprint density at radius 2 is 1.55 bits per heavy atom. The minimum Gasteiger partial charge on any atom is -0.486 e. The largest absolute Gasteiger partial charge is 0.486 e. The number of benzene rings is 3. The minimum atomic E-state index is -4.05. The summed E-state index contributed by atoms with van der Waals surface area (Å²) in [5, 5.41) is 2.60. The molecular weight excluding hydrogens is 468 g/mol. The number of rotatable bonds is 6. The number of hydrogen-bond donors (Lipinski definition) is 2. The first-order valence-corrected chi connectivity index (χ1v) is 13.1. The maximum Gasteiger partial charge on any atom is 0.262 e. The third-order valence-electron chi connectivity index (χ3n) is 4.76. The molecule has 0 bridgehead atoms.